The highest BCUT2D eigenvalue weighted by atomic mass is 35.5. The van der Waals surface area contributed by atoms with Gasteiger partial charge >= 0.3 is 0 Å². The second-order valence-electron chi connectivity index (χ2n) is 6.02. The van der Waals surface area contributed by atoms with E-state index in [-0.39, 0.29) is 4.90 Å². The highest BCUT2D eigenvalue weighted by Gasteiger charge is 2.39. The van der Waals surface area contributed by atoms with E-state index in [1.807, 2.05) is 12.1 Å². The number of rotatable bonds is 4. The molecule has 2 heterocycles. The first kappa shape index (κ1) is 18.1. The Morgan fingerprint density at radius 2 is 1.59 bits per heavy atom. The van der Waals surface area contributed by atoms with Crippen molar-refractivity contribution in [1.82, 2.24) is 4.41 Å². The van der Waals surface area contributed by atoms with Crippen molar-refractivity contribution in [3.05, 3.63) is 88.3 Å². The van der Waals surface area contributed by atoms with Gasteiger partial charge in [-0.25, -0.2) is 0 Å². The van der Waals surface area contributed by atoms with Crippen molar-refractivity contribution < 1.29 is 12.8 Å². The monoisotopic (exact) mass is 420 g/mol. The minimum atomic E-state index is -3.88. The summed E-state index contributed by atoms with van der Waals surface area (Å²) in [6.45, 7) is 0. The predicted octanol–water partition coefficient (Wildman–Crippen LogP) is 5.13. The third-order valence-electron chi connectivity index (χ3n) is 4.28. The number of benzene rings is 2. The first-order valence-electron chi connectivity index (χ1n) is 8.12. The van der Waals surface area contributed by atoms with E-state index in [1.165, 1.54) is 30.5 Å². The van der Waals surface area contributed by atoms with Gasteiger partial charge < -0.3 is 4.42 Å². The molecule has 0 saturated heterocycles. The summed E-state index contributed by atoms with van der Waals surface area (Å²) in [5.74, 6) is 0.528. The Labute approximate surface area is 166 Å². The van der Waals surface area contributed by atoms with E-state index in [2.05, 4.69) is 5.10 Å². The molecular weight excluding hydrogens is 407 g/mol. The molecule has 5 nitrogen and oxygen atoms in total. The van der Waals surface area contributed by atoms with Crippen molar-refractivity contribution in [2.24, 2.45) is 5.10 Å². The molecule has 138 valence electrons. The summed E-state index contributed by atoms with van der Waals surface area (Å²) in [7, 11) is -3.88. The van der Waals surface area contributed by atoms with Crippen LogP contribution < -0.4 is 0 Å². The van der Waals surface area contributed by atoms with Crippen molar-refractivity contribution in [2.75, 3.05) is 0 Å². The fourth-order valence-electron chi connectivity index (χ4n) is 2.93. The SMILES string of the molecule is O=S(=O)(c1ccc(Cl)cc1)N1N=C(c2ccc(Cl)cc2)CC1c1ccco1. The standard InChI is InChI=1S/C19H14Cl2N2O3S/c20-14-5-3-13(4-6-14)17-12-18(19-2-1-11-26-19)23(22-17)27(24,25)16-9-7-15(21)8-10-16/h1-11,18H,12H2. The summed E-state index contributed by atoms with van der Waals surface area (Å²) in [6.07, 6.45) is 1.91. The number of furan rings is 1. The molecule has 0 fully saturated rings. The van der Waals surface area contributed by atoms with E-state index in [9.17, 15) is 8.42 Å². The van der Waals surface area contributed by atoms with Gasteiger partial charge in [-0.1, -0.05) is 35.3 Å². The van der Waals surface area contributed by atoms with Gasteiger partial charge in [-0.2, -0.15) is 17.9 Å². The van der Waals surface area contributed by atoms with Crippen molar-refractivity contribution in [3.63, 3.8) is 0 Å². The van der Waals surface area contributed by atoms with Crippen LogP contribution in [0.4, 0.5) is 0 Å². The molecule has 3 aromatic rings. The summed E-state index contributed by atoms with van der Waals surface area (Å²) < 4.78 is 33.0. The zero-order chi connectivity index (χ0) is 19.0. The molecule has 0 amide bonds. The number of halogens is 2. The van der Waals surface area contributed by atoms with Crippen LogP contribution in [0.3, 0.4) is 0 Å². The summed E-state index contributed by atoms with van der Waals surface area (Å²) in [5, 5.41) is 5.49. The second-order valence-corrected chi connectivity index (χ2v) is 8.69. The Morgan fingerprint density at radius 3 is 2.19 bits per heavy atom. The highest BCUT2D eigenvalue weighted by Crippen LogP contribution is 2.37. The van der Waals surface area contributed by atoms with Gasteiger partial charge in [-0.3, -0.25) is 0 Å². The Hall–Kier alpha value is -2.28. The number of hydrogen-bond acceptors (Lipinski definition) is 4. The number of sulfonamides is 1. The molecule has 1 aliphatic rings. The number of hydrazone groups is 1. The molecule has 1 aliphatic heterocycles. The quantitative estimate of drug-likeness (QED) is 0.587. The molecule has 0 bridgehead atoms. The molecule has 0 N–H and O–H groups in total. The van der Waals surface area contributed by atoms with Crippen LogP contribution in [0, 0.1) is 0 Å². The van der Waals surface area contributed by atoms with E-state index < -0.39 is 16.1 Å². The van der Waals surface area contributed by atoms with Crippen molar-refractivity contribution >= 4 is 38.9 Å². The number of nitrogens with zero attached hydrogens (tertiary/aromatic N) is 2. The van der Waals surface area contributed by atoms with E-state index in [1.54, 1.807) is 24.3 Å². The maximum absolute atomic E-state index is 13.2. The molecule has 2 aromatic carbocycles. The average Bonchev–Trinajstić information content (AvgIpc) is 3.32. The third-order valence-corrected chi connectivity index (χ3v) is 6.48. The molecule has 0 radical (unpaired) electrons. The van der Waals surface area contributed by atoms with E-state index in [0.717, 1.165) is 9.98 Å². The molecule has 0 spiro atoms. The first-order valence-corrected chi connectivity index (χ1v) is 10.3. The number of hydrogen-bond donors (Lipinski definition) is 0. The fourth-order valence-corrected chi connectivity index (χ4v) is 4.60. The van der Waals surface area contributed by atoms with Gasteiger partial charge in [0.25, 0.3) is 10.0 Å². The zero-order valence-electron chi connectivity index (χ0n) is 13.9. The molecule has 1 unspecified atom stereocenters. The molecule has 0 saturated carbocycles. The van der Waals surface area contributed by atoms with Gasteiger partial charge in [0.05, 0.1) is 16.9 Å². The maximum Gasteiger partial charge on any atom is 0.279 e. The van der Waals surface area contributed by atoms with Gasteiger partial charge in [0.1, 0.15) is 11.8 Å². The lowest BCUT2D eigenvalue weighted by Gasteiger charge is -2.21. The van der Waals surface area contributed by atoms with Gasteiger partial charge in [0, 0.05) is 16.5 Å². The van der Waals surface area contributed by atoms with Gasteiger partial charge in [-0.15, -0.1) is 0 Å². The molecular formula is C19H14Cl2N2O3S. The Bertz CT molecular complexity index is 1080. The van der Waals surface area contributed by atoms with Gasteiger partial charge in [0.2, 0.25) is 0 Å². The topological polar surface area (TPSA) is 62.9 Å². The molecule has 0 aliphatic carbocycles. The maximum atomic E-state index is 13.2. The largest absolute Gasteiger partial charge is 0.467 e. The summed E-state index contributed by atoms with van der Waals surface area (Å²) in [5.41, 5.74) is 1.45. The molecule has 1 aromatic heterocycles. The summed E-state index contributed by atoms with van der Waals surface area (Å²) in [6, 6.07) is 16.0. The molecule has 1 atom stereocenters. The molecule has 4 rings (SSSR count). The van der Waals surface area contributed by atoms with Crippen LogP contribution in [-0.2, 0) is 10.0 Å². The lowest BCUT2D eigenvalue weighted by Crippen LogP contribution is -2.27. The predicted molar refractivity (Wildman–Crippen MR) is 105 cm³/mol. The van der Waals surface area contributed by atoms with Crippen molar-refractivity contribution in [2.45, 2.75) is 17.4 Å². The van der Waals surface area contributed by atoms with Gasteiger partial charge in [0.15, 0.2) is 0 Å². The first-order chi connectivity index (χ1) is 12.9. The van der Waals surface area contributed by atoms with Crippen LogP contribution in [0.2, 0.25) is 10.0 Å². The lowest BCUT2D eigenvalue weighted by molar-refractivity contribution is 0.320. The van der Waals surface area contributed by atoms with Crippen LogP contribution in [0.25, 0.3) is 0 Å². The molecule has 8 heteroatoms. The Kier molecular flexibility index (Phi) is 4.72. The van der Waals surface area contributed by atoms with Crippen LogP contribution >= 0.6 is 23.2 Å². The van der Waals surface area contributed by atoms with E-state index in [4.69, 9.17) is 27.6 Å². The van der Waals surface area contributed by atoms with Crippen LogP contribution in [0.15, 0.2) is 81.3 Å². The smallest absolute Gasteiger partial charge is 0.279 e. The second kappa shape index (κ2) is 7.03. The fraction of sp³-hybridized carbons (Fsp3) is 0.105. The van der Waals surface area contributed by atoms with Crippen LogP contribution in [-0.4, -0.2) is 18.5 Å². The summed E-state index contributed by atoms with van der Waals surface area (Å²) in [4.78, 5) is 0.115. The van der Waals surface area contributed by atoms with Gasteiger partial charge in [-0.05, 0) is 54.1 Å². The van der Waals surface area contributed by atoms with Crippen LogP contribution in [0.1, 0.15) is 23.8 Å². The van der Waals surface area contributed by atoms with Crippen molar-refractivity contribution in [1.29, 1.82) is 0 Å². The van der Waals surface area contributed by atoms with Crippen molar-refractivity contribution in [3.8, 4) is 0 Å². The van der Waals surface area contributed by atoms with E-state index in [0.29, 0.717) is 27.9 Å². The normalized spacial score (nSPS) is 17.2. The zero-order valence-corrected chi connectivity index (χ0v) is 16.2. The lowest BCUT2D eigenvalue weighted by atomic mass is 10.0. The highest BCUT2D eigenvalue weighted by molar-refractivity contribution is 7.89. The van der Waals surface area contributed by atoms with Crippen LogP contribution in [0.5, 0.6) is 0 Å². The Morgan fingerprint density at radius 1 is 0.963 bits per heavy atom. The summed E-state index contributed by atoms with van der Waals surface area (Å²) >= 11 is 11.8. The average molecular weight is 421 g/mol. The minimum Gasteiger partial charge on any atom is -0.467 e. The molecule has 27 heavy (non-hydrogen) atoms. The Balaban J connectivity index is 1.78. The third kappa shape index (κ3) is 3.48. The van der Waals surface area contributed by atoms with E-state index >= 15 is 0 Å². The minimum absolute atomic E-state index is 0.115.